The van der Waals surface area contributed by atoms with E-state index in [9.17, 15) is 0 Å². The molecule has 2 aliphatic rings. The van der Waals surface area contributed by atoms with Crippen LogP contribution in [0.3, 0.4) is 0 Å². The van der Waals surface area contributed by atoms with Crippen molar-refractivity contribution in [2.75, 3.05) is 0 Å². The molecule has 4 rings (SSSR count). The second kappa shape index (κ2) is 2.85. The Morgan fingerprint density at radius 2 is 2.00 bits per heavy atom. The fraction of sp³-hybridized carbons (Fsp3) is 0.400. The predicted octanol–water partition coefficient (Wildman–Crippen LogP) is 3.68. The van der Waals surface area contributed by atoms with Crippen molar-refractivity contribution in [2.24, 2.45) is 5.92 Å². The Morgan fingerprint density at radius 1 is 1.12 bits per heavy atom. The first-order valence-electron chi connectivity index (χ1n) is 6.24. The SMILES string of the molecule is c1cnc2ccc(C3(C4CC4)CC3)cc2c1. The summed E-state index contributed by atoms with van der Waals surface area (Å²) in [5.41, 5.74) is 3.26. The average Bonchev–Trinajstić information content (AvgIpc) is 3.17. The molecule has 2 fully saturated rings. The van der Waals surface area contributed by atoms with Gasteiger partial charge < -0.3 is 0 Å². The van der Waals surface area contributed by atoms with Crippen molar-refractivity contribution < 1.29 is 0 Å². The Labute approximate surface area is 95.5 Å². The lowest BCUT2D eigenvalue weighted by Crippen LogP contribution is -2.08. The molecule has 2 aromatic rings. The summed E-state index contributed by atoms with van der Waals surface area (Å²) in [6.45, 7) is 0. The van der Waals surface area contributed by atoms with Gasteiger partial charge in [0.25, 0.3) is 0 Å². The van der Waals surface area contributed by atoms with E-state index < -0.39 is 0 Å². The second-order valence-corrected chi connectivity index (χ2v) is 5.34. The maximum Gasteiger partial charge on any atom is 0.0702 e. The van der Waals surface area contributed by atoms with Crippen LogP contribution in [-0.4, -0.2) is 4.98 Å². The van der Waals surface area contributed by atoms with Gasteiger partial charge in [-0.05, 0) is 60.8 Å². The predicted molar refractivity (Wildman–Crippen MR) is 65.4 cm³/mol. The fourth-order valence-corrected chi connectivity index (χ4v) is 3.09. The lowest BCUT2D eigenvalue weighted by atomic mass is 9.90. The first kappa shape index (κ1) is 8.74. The molecule has 0 unspecified atom stereocenters. The zero-order valence-corrected chi connectivity index (χ0v) is 9.32. The van der Waals surface area contributed by atoms with Crippen molar-refractivity contribution in [2.45, 2.75) is 31.1 Å². The third-order valence-corrected chi connectivity index (χ3v) is 4.33. The number of rotatable bonds is 2. The van der Waals surface area contributed by atoms with Crippen molar-refractivity contribution in [1.29, 1.82) is 0 Å². The Kier molecular flexibility index (Phi) is 1.56. The number of nitrogens with zero attached hydrogens (tertiary/aromatic N) is 1. The Bertz CT molecular complexity index is 550. The van der Waals surface area contributed by atoms with Crippen LogP contribution in [-0.2, 0) is 5.41 Å². The summed E-state index contributed by atoms with van der Waals surface area (Å²) in [5.74, 6) is 0.988. The first-order chi connectivity index (χ1) is 7.88. The summed E-state index contributed by atoms with van der Waals surface area (Å²) in [4.78, 5) is 4.39. The molecule has 0 aliphatic heterocycles. The summed E-state index contributed by atoms with van der Waals surface area (Å²) in [5, 5.41) is 1.30. The second-order valence-electron chi connectivity index (χ2n) is 5.34. The van der Waals surface area contributed by atoms with Gasteiger partial charge in [0.2, 0.25) is 0 Å². The van der Waals surface area contributed by atoms with E-state index in [2.05, 4.69) is 29.2 Å². The van der Waals surface area contributed by atoms with Crippen LogP contribution in [0.1, 0.15) is 31.2 Å². The number of fused-ring (bicyclic) bond motifs is 1. The van der Waals surface area contributed by atoms with Crippen molar-refractivity contribution in [1.82, 2.24) is 4.98 Å². The standard InChI is InChI=1S/C15H15N/c1-2-11-10-13(5-6-14(11)16-9-1)15(7-8-15)12-3-4-12/h1-2,5-6,9-10,12H,3-4,7-8H2. The molecular weight excluding hydrogens is 194 g/mol. The number of hydrogen-bond donors (Lipinski definition) is 0. The average molecular weight is 209 g/mol. The molecule has 0 atom stereocenters. The van der Waals surface area contributed by atoms with Crippen LogP contribution < -0.4 is 0 Å². The van der Waals surface area contributed by atoms with Crippen LogP contribution in [0.25, 0.3) is 10.9 Å². The van der Waals surface area contributed by atoms with E-state index in [1.54, 1.807) is 5.56 Å². The highest BCUT2D eigenvalue weighted by atomic mass is 14.6. The minimum atomic E-state index is 0.573. The minimum absolute atomic E-state index is 0.573. The zero-order chi connectivity index (χ0) is 10.6. The summed E-state index contributed by atoms with van der Waals surface area (Å²) in [7, 11) is 0. The van der Waals surface area contributed by atoms with Crippen LogP contribution in [0.4, 0.5) is 0 Å². The molecule has 0 spiro atoms. The molecule has 1 aromatic carbocycles. The zero-order valence-electron chi connectivity index (χ0n) is 9.32. The molecule has 0 N–H and O–H groups in total. The van der Waals surface area contributed by atoms with Crippen molar-refractivity contribution in [3.63, 3.8) is 0 Å². The molecule has 1 aromatic heterocycles. The molecule has 2 aliphatic carbocycles. The van der Waals surface area contributed by atoms with Crippen LogP contribution in [0, 0.1) is 5.92 Å². The number of aromatic nitrogens is 1. The molecule has 1 nitrogen and oxygen atoms in total. The van der Waals surface area contributed by atoms with Crippen LogP contribution in [0.5, 0.6) is 0 Å². The number of benzene rings is 1. The number of pyridine rings is 1. The van der Waals surface area contributed by atoms with Crippen molar-refractivity contribution in [3.8, 4) is 0 Å². The maximum atomic E-state index is 4.39. The van der Waals surface area contributed by atoms with Gasteiger partial charge in [-0.25, -0.2) is 0 Å². The van der Waals surface area contributed by atoms with Crippen LogP contribution >= 0.6 is 0 Å². The lowest BCUT2D eigenvalue weighted by Gasteiger charge is -2.15. The molecule has 80 valence electrons. The van der Waals surface area contributed by atoms with Gasteiger partial charge in [-0.15, -0.1) is 0 Å². The Hall–Kier alpha value is -1.37. The molecule has 1 heteroatoms. The van der Waals surface area contributed by atoms with Gasteiger partial charge in [0.1, 0.15) is 0 Å². The van der Waals surface area contributed by atoms with E-state index in [1.165, 1.54) is 31.1 Å². The van der Waals surface area contributed by atoms with Gasteiger partial charge in [-0.3, -0.25) is 4.98 Å². The normalized spacial score (nSPS) is 22.2. The highest BCUT2D eigenvalue weighted by Crippen LogP contribution is 2.62. The topological polar surface area (TPSA) is 12.9 Å². The molecule has 0 bridgehead atoms. The van der Waals surface area contributed by atoms with Gasteiger partial charge in [0.05, 0.1) is 5.52 Å². The van der Waals surface area contributed by atoms with E-state index in [4.69, 9.17) is 0 Å². The first-order valence-corrected chi connectivity index (χ1v) is 6.24. The summed E-state index contributed by atoms with van der Waals surface area (Å²) in [6.07, 6.45) is 7.58. The van der Waals surface area contributed by atoms with Gasteiger partial charge in [-0.2, -0.15) is 0 Å². The van der Waals surface area contributed by atoms with Gasteiger partial charge in [0, 0.05) is 11.6 Å². The van der Waals surface area contributed by atoms with E-state index in [0.29, 0.717) is 5.41 Å². The van der Waals surface area contributed by atoms with E-state index in [1.807, 2.05) is 12.3 Å². The Balaban J connectivity index is 1.86. The molecule has 1 heterocycles. The van der Waals surface area contributed by atoms with Gasteiger partial charge in [0.15, 0.2) is 0 Å². The van der Waals surface area contributed by atoms with Crippen LogP contribution in [0.15, 0.2) is 36.5 Å². The molecule has 16 heavy (non-hydrogen) atoms. The highest BCUT2D eigenvalue weighted by Gasteiger charge is 2.54. The molecule has 0 saturated heterocycles. The van der Waals surface area contributed by atoms with E-state index >= 15 is 0 Å². The Morgan fingerprint density at radius 3 is 2.75 bits per heavy atom. The lowest BCUT2D eigenvalue weighted by molar-refractivity contribution is 0.598. The maximum absolute atomic E-state index is 4.39. The number of hydrogen-bond acceptors (Lipinski definition) is 1. The summed E-state index contributed by atoms with van der Waals surface area (Å²) in [6, 6.07) is 11.1. The third kappa shape index (κ3) is 1.14. The summed E-state index contributed by atoms with van der Waals surface area (Å²) < 4.78 is 0. The van der Waals surface area contributed by atoms with Gasteiger partial charge in [-0.1, -0.05) is 12.1 Å². The molecular formula is C15H15N. The van der Waals surface area contributed by atoms with Crippen LogP contribution in [0.2, 0.25) is 0 Å². The fourth-order valence-electron chi connectivity index (χ4n) is 3.09. The summed E-state index contributed by atoms with van der Waals surface area (Å²) >= 11 is 0. The highest BCUT2D eigenvalue weighted by molar-refractivity contribution is 5.79. The largest absolute Gasteiger partial charge is 0.256 e. The minimum Gasteiger partial charge on any atom is -0.256 e. The molecule has 2 saturated carbocycles. The van der Waals surface area contributed by atoms with E-state index in [-0.39, 0.29) is 0 Å². The molecule has 0 amide bonds. The smallest absolute Gasteiger partial charge is 0.0702 e. The van der Waals surface area contributed by atoms with E-state index in [0.717, 1.165) is 11.4 Å². The third-order valence-electron chi connectivity index (χ3n) is 4.33. The monoisotopic (exact) mass is 209 g/mol. The van der Waals surface area contributed by atoms with Gasteiger partial charge >= 0.3 is 0 Å². The van der Waals surface area contributed by atoms with Crippen molar-refractivity contribution >= 4 is 10.9 Å². The van der Waals surface area contributed by atoms with Crippen molar-refractivity contribution in [3.05, 3.63) is 42.1 Å². The molecule has 0 radical (unpaired) electrons. The quantitative estimate of drug-likeness (QED) is 0.735.